The van der Waals surface area contributed by atoms with Crippen molar-refractivity contribution in [3.63, 3.8) is 0 Å². The van der Waals surface area contributed by atoms with E-state index in [0.29, 0.717) is 5.56 Å². The third-order valence-corrected chi connectivity index (χ3v) is 5.96. The lowest BCUT2D eigenvalue weighted by atomic mass is 9.97. The molecule has 0 radical (unpaired) electrons. The van der Waals surface area contributed by atoms with Crippen LogP contribution in [0.2, 0.25) is 0 Å². The standard InChI is InChI=1S/C25H27NOS/c1-4-24(23-15-10-18(2)16-19(23)3)26-25(27)21-13-11-20(12-14-21)17-28-22-8-6-5-7-9-22/h5-16,24H,4,17H2,1-3H3,(H,26,27)/t24-/m1/s1. The molecule has 2 nitrogen and oxygen atoms in total. The SMILES string of the molecule is CC[C@@H](NC(=O)c1ccc(CSc2ccccc2)cc1)c1ccc(C)cc1C. The summed E-state index contributed by atoms with van der Waals surface area (Å²) in [6.07, 6.45) is 0.863. The van der Waals surface area contributed by atoms with Crippen molar-refractivity contribution in [1.29, 1.82) is 0 Å². The Kier molecular flexibility index (Phi) is 6.94. The van der Waals surface area contributed by atoms with Crippen LogP contribution in [0.5, 0.6) is 0 Å². The zero-order valence-electron chi connectivity index (χ0n) is 16.7. The first-order valence-electron chi connectivity index (χ1n) is 9.71. The summed E-state index contributed by atoms with van der Waals surface area (Å²) in [6, 6.07) is 24.7. The number of thioether (sulfide) groups is 1. The maximum Gasteiger partial charge on any atom is 0.251 e. The van der Waals surface area contributed by atoms with Gasteiger partial charge in [-0.1, -0.05) is 61.0 Å². The van der Waals surface area contributed by atoms with E-state index in [0.717, 1.165) is 12.2 Å². The van der Waals surface area contributed by atoms with Crippen molar-refractivity contribution in [2.45, 2.75) is 43.9 Å². The number of carbonyl (C=O) groups excluding carboxylic acids is 1. The smallest absolute Gasteiger partial charge is 0.251 e. The minimum atomic E-state index is -0.0194. The molecule has 0 bridgehead atoms. The first kappa shape index (κ1) is 20.2. The molecule has 0 saturated carbocycles. The number of nitrogens with one attached hydrogen (secondary N) is 1. The quantitative estimate of drug-likeness (QED) is 0.469. The zero-order valence-corrected chi connectivity index (χ0v) is 17.6. The van der Waals surface area contributed by atoms with Crippen LogP contribution in [0.1, 0.15) is 52.0 Å². The topological polar surface area (TPSA) is 29.1 Å². The molecule has 0 saturated heterocycles. The number of benzene rings is 3. The second-order valence-corrected chi connectivity index (χ2v) is 8.14. The van der Waals surface area contributed by atoms with Crippen LogP contribution in [-0.4, -0.2) is 5.91 Å². The highest BCUT2D eigenvalue weighted by Crippen LogP contribution is 2.24. The van der Waals surface area contributed by atoms with Gasteiger partial charge in [0, 0.05) is 16.2 Å². The summed E-state index contributed by atoms with van der Waals surface area (Å²) in [5, 5.41) is 3.19. The monoisotopic (exact) mass is 389 g/mol. The summed E-state index contributed by atoms with van der Waals surface area (Å²) >= 11 is 1.80. The molecule has 0 spiro atoms. The normalized spacial score (nSPS) is 11.8. The average molecular weight is 390 g/mol. The molecule has 28 heavy (non-hydrogen) atoms. The molecule has 0 fully saturated rings. The molecule has 0 aliphatic carbocycles. The number of amides is 1. The van der Waals surface area contributed by atoms with Gasteiger partial charge in [0.1, 0.15) is 0 Å². The van der Waals surface area contributed by atoms with Crippen LogP contribution < -0.4 is 5.32 Å². The number of aryl methyl sites for hydroxylation is 2. The van der Waals surface area contributed by atoms with E-state index in [1.807, 2.05) is 30.3 Å². The summed E-state index contributed by atoms with van der Waals surface area (Å²) < 4.78 is 0. The van der Waals surface area contributed by atoms with Crippen molar-refractivity contribution in [2.24, 2.45) is 0 Å². The molecule has 3 heteroatoms. The molecule has 0 aromatic heterocycles. The molecule has 1 amide bonds. The van der Waals surface area contributed by atoms with Crippen LogP contribution in [0.15, 0.2) is 77.7 Å². The minimum absolute atomic E-state index is 0.0194. The largest absolute Gasteiger partial charge is 0.345 e. The number of carbonyl (C=O) groups is 1. The summed E-state index contributed by atoms with van der Waals surface area (Å²) in [5.74, 6) is 0.876. The Morgan fingerprint density at radius 2 is 1.68 bits per heavy atom. The van der Waals surface area contributed by atoms with Crippen molar-refractivity contribution in [3.05, 3.63) is 101 Å². The van der Waals surface area contributed by atoms with Gasteiger partial charge in [-0.15, -0.1) is 11.8 Å². The zero-order chi connectivity index (χ0) is 19.9. The van der Waals surface area contributed by atoms with Crippen molar-refractivity contribution >= 4 is 17.7 Å². The number of hydrogen-bond acceptors (Lipinski definition) is 2. The van der Waals surface area contributed by atoms with Gasteiger partial charge in [-0.05, 0) is 61.2 Å². The van der Waals surface area contributed by atoms with E-state index in [9.17, 15) is 4.79 Å². The molecule has 1 atom stereocenters. The highest BCUT2D eigenvalue weighted by atomic mass is 32.2. The Bertz CT molecular complexity index is 919. The lowest BCUT2D eigenvalue weighted by molar-refractivity contribution is 0.0935. The lowest BCUT2D eigenvalue weighted by Crippen LogP contribution is -2.28. The number of hydrogen-bond donors (Lipinski definition) is 1. The van der Waals surface area contributed by atoms with Gasteiger partial charge in [-0.2, -0.15) is 0 Å². The Labute approximate surface area is 172 Å². The molecule has 3 aromatic rings. The molecule has 3 rings (SSSR count). The number of rotatable bonds is 7. The summed E-state index contributed by atoms with van der Waals surface area (Å²) in [5.41, 5.74) is 5.58. The Morgan fingerprint density at radius 3 is 2.32 bits per heavy atom. The van der Waals surface area contributed by atoms with Gasteiger partial charge in [0.15, 0.2) is 0 Å². The van der Waals surface area contributed by atoms with E-state index in [1.54, 1.807) is 11.8 Å². The highest BCUT2D eigenvalue weighted by molar-refractivity contribution is 7.98. The second-order valence-electron chi connectivity index (χ2n) is 7.09. The fraction of sp³-hybridized carbons (Fsp3) is 0.240. The summed E-state index contributed by atoms with van der Waals surface area (Å²) in [6.45, 7) is 6.30. The van der Waals surface area contributed by atoms with Gasteiger partial charge < -0.3 is 5.32 Å². The van der Waals surface area contributed by atoms with Crippen LogP contribution in [0.4, 0.5) is 0 Å². The van der Waals surface area contributed by atoms with Crippen molar-refractivity contribution in [3.8, 4) is 0 Å². The Hall–Kier alpha value is -2.52. The van der Waals surface area contributed by atoms with Gasteiger partial charge in [0.2, 0.25) is 0 Å². The lowest BCUT2D eigenvalue weighted by Gasteiger charge is -2.20. The van der Waals surface area contributed by atoms with Gasteiger partial charge >= 0.3 is 0 Å². The van der Waals surface area contributed by atoms with Crippen LogP contribution in [0.3, 0.4) is 0 Å². The van der Waals surface area contributed by atoms with Gasteiger partial charge in [0.25, 0.3) is 5.91 Å². The molecular weight excluding hydrogens is 362 g/mol. The van der Waals surface area contributed by atoms with E-state index >= 15 is 0 Å². The molecule has 144 valence electrons. The summed E-state index contributed by atoms with van der Waals surface area (Å²) in [7, 11) is 0. The van der Waals surface area contributed by atoms with Gasteiger partial charge in [-0.3, -0.25) is 4.79 Å². The van der Waals surface area contributed by atoms with E-state index < -0.39 is 0 Å². The molecule has 1 N–H and O–H groups in total. The Balaban J connectivity index is 1.63. The maximum atomic E-state index is 12.7. The molecule has 0 unspecified atom stereocenters. The second kappa shape index (κ2) is 9.61. The van der Waals surface area contributed by atoms with Crippen LogP contribution >= 0.6 is 11.8 Å². The van der Waals surface area contributed by atoms with E-state index in [-0.39, 0.29) is 11.9 Å². The van der Waals surface area contributed by atoms with Gasteiger partial charge in [0.05, 0.1) is 6.04 Å². The first-order chi connectivity index (χ1) is 13.6. The predicted molar refractivity (Wildman–Crippen MR) is 119 cm³/mol. The predicted octanol–water partition coefficient (Wildman–Crippen LogP) is 6.48. The van der Waals surface area contributed by atoms with Crippen LogP contribution in [0, 0.1) is 13.8 Å². The molecule has 0 aliphatic rings. The average Bonchev–Trinajstić information content (AvgIpc) is 2.72. The van der Waals surface area contributed by atoms with Crippen molar-refractivity contribution in [1.82, 2.24) is 5.32 Å². The van der Waals surface area contributed by atoms with Crippen LogP contribution in [-0.2, 0) is 5.75 Å². The van der Waals surface area contributed by atoms with E-state index in [2.05, 4.69) is 68.6 Å². The highest BCUT2D eigenvalue weighted by Gasteiger charge is 2.16. The Morgan fingerprint density at radius 1 is 0.964 bits per heavy atom. The fourth-order valence-corrected chi connectivity index (χ4v) is 4.17. The first-order valence-corrected chi connectivity index (χ1v) is 10.7. The van der Waals surface area contributed by atoms with Crippen molar-refractivity contribution in [2.75, 3.05) is 0 Å². The molecule has 0 aliphatic heterocycles. The molecule has 0 heterocycles. The molecule has 3 aromatic carbocycles. The minimum Gasteiger partial charge on any atom is -0.345 e. The summed E-state index contributed by atoms with van der Waals surface area (Å²) in [4.78, 5) is 14.0. The third-order valence-electron chi connectivity index (χ3n) is 4.88. The third kappa shape index (κ3) is 5.26. The van der Waals surface area contributed by atoms with Gasteiger partial charge in [-0.25, -0.2) is 0 Å². The van der Waals surface area contributed by atoms with E-state index in [1.165, 1.54) is 27.1 Å². The molecular formula is C25H27NOS. The fourth-order valence-electron chi connectivity index (χ4n) is 3.29. The van der Waals surface area contributed by atoms with E-state index in [4.69, 9.17) is 0 Å². The van der Waals surface area contributed by atoms with Crippen LogP contribution in [0.25, 0.3) is 0 Å². The maximum absolute atomic E-state index is 12.7. The van der Waals surface area contributed by atoms with Crippen molar-refractivity contribution < 1.29 is 4.79 Å².